The van der Waals surface area contributed by atoms with Crippen LogP contribution in [0.15, 0.2) is 12.2 Å². The standard InChI is InChI=1S/C7H8O/c8-6-1-2-7(5-6)3-4-7/h1-2H,3-5H2. The molecule has 8 heavy (non-hydrogen) atoms. The zero-order valence-corrected chi connectivity index (χ0v) is 4.68. The molecule has 0 amide bonds. The second-order valence-electron chi connectivity index (χ2n) is 2.84. The van der Waals surface area contributed by atoms with Crippen LogP contribution < -0.4 is 0 Å². The first-order chi connectivity index (χ1) is 3.81. The van der Waals surface area contributed by atoms with Crippen molar-refractivity contribution in [2.24, 2.45) is 5.41 Å². The molecule has 0 unspecified atom stereocenters. The van der Waals surface area contributed by atoms with Crippen LogP contribution in [-0.4, -0.2) is 5.78 Å². The van der Waals surface area contributed by atoms with Crippen molar-refractivity contribution in [1.82, 2.24) is 0 Å². The monoisotopic (exact) mass is 108 g/mol. The first-order valence-corrected chi connectivity index (χ1v) is 3.03. The van der Waals surface area contributed by atoms with Crippen molar-refractivity contribution in [2.75, 3.05) is 0 Å². The predicted molar refractivity (Wildman–Crippen MR) is 30.4 cm³/mol. The number of carbonyl (C=O) groups excluding carboxylic acids is 1. The quantitative estimate of drug-likeness (QED) is 0.457. The Morgan fingerprint density at radius 2 is 2.25 bits per heavy atom. The van der Waals surface area contributed by atoms with Gasteiger partial charge in [-0.1, -0.05) is 6.08 Å². The first-order valence-electron chi connectivity index (χ1n) is 3.03. The summed E-state index contributed by atoms with van der Waals surface area (Å²) in [6.07, 6.45) is 7.10. The molecule has 1 saturated carbocycles. The van der Waals surface area contributed by atoms with Gasteiger partial charge in [-0.25, -0.2) is 0 Å². The van der Waals surface area contributed by atoms with Crippen molar-refractivity contribution < 1.29 is 4.79 Å². The zero-order valence-electron chi connectivity index (χ0n) is 4.68. The maximum absolute atomic E-state index is 10.6. The van der Waals surface area contributed by atoms with Gasteiger partial charge in [-0.2, -0.15) is 0 Å². The highest BCUT2D eigenvalue weighted by Gasteiger charge is 2.44. The molecule has 0 radical (unpaired) electrons. The van der Waals surface area contributed by atoms with E-state index in [4.69, 9.17) is 0 Å². The normalized spacial score (nSPS) is 29.8. The summed E-state index contributed by atoms with van der Waals surface area (Å²) in [5.41, 5.74) is 0.386. The summed E-state index contributed by atoms with van der Waals surface area (Å²) in [7, 11) is 0. The molecule has 0 aliphatic heterocycles. The Hall–Kier alpha value is -0.590. The molecule has 0 aromatic carbocycles. The third kappa shape index (κ3) is 0.443. The molecule has 0 atom stereocenters. The van der Waals surface area contributed by atoms with E-state index in [0.717, 1.165) is 6.42 Å². The van der Waals surface area contributed by atoms with E-state index in [1.165, 1.54) is 12.8 Å². The molecular formula is C7H8O. The average molecular weight is 108 g/mol. The van der Waals surface area contributed by atoms with Gasteiger partial charge in [0.25, 0.3) is 0 Å². The van der Waals surface area contributed by atoms with E-state index in [1.807, 2.05) is 0 Å². The average Bonchev–Trinajstić information content (AvgIpc) is 2.34. The molecule has 1 fully saturated rings. The van der Waals surface area contributed by atoms with Crippen molar-refractivity contribution in [1.29, 1.82) is 0 Å². The Morgan fingerprint density at radius 3 is 2.50 bits per heavy atom. The Balaban J connectivity index is 2.26. The van der Waals surface area contributed by atoms with Gasteiger partial charge in [-0.05, 0) is 24.3 Å². The number of carbonyl (C=O) groups is 1. The Bertz CT molecular complexity index is 163. The van der Waals surface area contributed by atoms with Gasteiger partial charge in [0, 0.05) is 6.42 Å². The van der Waals surface area contributed by atoms with Crippen molar-refractivity contribution in [3.05, 3.63) is 12.2 Å². The Labute approximate surface area is 48.4 Å². The SMILES string of the molecule is O=C1C=CC2(CC2)C1. The third-order valence-electron chi connectivity index (χ3n) is 2.04. The van der Waals surface area contributed by atoms with E-state index in [2.05, 4.69) is 6.08 Å². The fraction of sp³-hybridized carbons (Fsp3) is 0.571. The van der Waals surface area contributed by atoms with Crippen molar-refractivity contribution in [3.8, 4) is 0 Å². The number of hydrogen-bond donors (Lipinski definition) is 0. The van der Waals surface area contributed by atoms with Crippen LogP contribution in [0.1, 0.15) is 19.3 Å². The molecule has 0 aromatic heterocycles. The Kier molecular flexibility index (Phi) is 0.561. The summed E-state index contributed by atoms with van der Waals surface area (Å²) >= 11 is 0. The second kappa shape index (κ2) is 1.04. The van der Waals surface area contributed by atoms with Crippen LogP contribution in [0.3, 0.4) is 0 Å². The topological polar surface area (TPSA) is 17.1 Å². The number of allylic oxidation sites excluding steroid dienone is 2. The van der Waals surface area contributed by atoms with Gasteiger partial charge < -0.3 is 0 Å². The van der Waals surface area contributed by atoms with Gasteiger partial charge in [0.1, 0.15) is 0 Å². The summed E-state index contributed by atoms with van der Waals surface area (Å²) in [5.74, 6) is 0.322. The van der Waals surface area contributed by atoms with E-state index in [9.17, 15) is 4.79 Å². The van der Waals surface area contributed by atoms with E-state index in [1.54, 1.807) is 6.08 Å². The van der Waals surface area contributed by atoms with E-state index >= 15 is 0 Å². The van der Waals surface area contributed by atoms with E-state index in [-0.39, 0.29) is 0 Å². The van der Waals surface area contributed by atoms with Gasteiger partial charge >= 0.3 is 0 Å². The number of hydrogen-bond acceptors (Lipinski definition) is 1. The number of rotatable bonds is 0. The van der Waals surface area contributed by atoms with Crippen LogP contribution >= 0.6 is 0 Å². The minimum Gasteiger partial charge on any atom is -0.295 e. The fourth-order valence-electron chi connectivity index (χ4n) is 1.24. The minimum atomic E-state index is 0.322. The summed E-state index contributed by atoms with van der Waals surface area (Å²) in [6.45, 7) is 0. The molecule has 0 bridgehead atoms. The van der Waals surface area contributed by atoms with Crippen LogP contribution in [0.4, 0.5) is 0 Å². The van der Waals surface area contributed by atoms with Crippen LogP contribution in [0.5, 0.6) is 0 Å². The predicted octanol–water partition coefficient (Wildman–Crippen LogP) is 1.30. The van der Waals surface area contributed by atoms with Crippen LogP contribution in [-0.2, 0) is 4.79 Å². The molecule has 0 heterocycles. The molecule has 0 saturated heterocycles. The summed E-state index contributed by atoms with van der Waals surface area (Å²) < 4.78 is 0. The van der Waals surface area contributed by atoms with Crippen molar-refractivity contribution in [2.45, 2.75) is 19.3 Å². The van der Waals surface area contributed by atoms with Gasteiger partial charge in [-0.15, -0.1) is 0 Å². The van der Waals surface area contributed by atoms with Crippen molar-refractivity contribution >= 4 is 5.78 Å². The van der Waals surface area contributed by atoms with Gasteiger partial charge in [0.2, 0.25) is 0 Å². The Morgan fingerprint density at radius 1 is 1.50 bits per heavy atom. The second-order valence-corrected chi connectivity index (χ2v) is 2.84. The molecule has 2 aliphatic carbocycles. The molecule has 1 heteroatoms. The highest BCUT2D eigenvalue weighted by atomic mass is 16.1. The summed E-state index contributed by atoms with van der Waals surface area (Å²) in [4.78, 5) is 10.6. The van der Waals surface area contributed by atoms with Gasteiger partial charge in [0.05, 0.1) is 0 Å². The highest BCUT2D eigenvalue weighted by molar-refractivity contribution is 5.93. The van der Waals surface area contributed by atoms with Crippen LogP contribution in [0, 0.1) is 5.41 Å². The first kappa shape index (κ1) is 4.30. The lowest BCUT2D eigenvalue weighted by Gasteiger charge is -1.94. The highest BCUT2D eigenvalue weighted by Crippen LogP contribution is 2.52. The maximum Gasteiger partial charge on any atom is 0.156 e. The lowest BCUT2D eigenvalue weighted by Crippen LogP contribution is -1.93. The zero-order chi connectivity index (χ0) is 5.61. The molecule has 42 valence electrons. The van der Waals surface area contributed by atoms with Gasteiger partial charge in [0.15, 0.2) is 5.78 Å². The molecule has 0 aromatic rings. The largest absolute Gasteiger partial charge is 0.295 e. The minimum absolute atomic E-state index is 0.322. The summed E-state index contributed by atoms with van der Waals surface area (Å²) in [6, 6.07) is 0. The molecule has 1 nitrogen and oxygen atoms in total. The maximum atomic E-state index is 10.6. The van der Waals surface area contributed by atoms with E-state index < -0.39 is 0 Å². The molecule has 2 aliphatic rings. The molecule has 1 spiro atoms. The third-order valence-corrected chi connectivity index (χ3v) is 2.04. The lowest BCUT2D eigenvalue weighted by atomic mass is 10.1. The molecule has 2 rings (SSSR count). The van der Waals surface area contributed by atoms with Crippen molar-refractivity contribution in [3.63, 3.8) is 0 Å². The van der Waals surface area contributed by atoms with Crippen LogP contribution in [0.25, 0.3) is 0 Å². The van der Waals surface area contributed by atoms with Crippen LogP contribution in [0.2, 0.25) is 0 Å². The smallest absolute Gasteiger partial charge is 0.156 e. The molecule has 0 N–H and O–H groups in total. The lowest BCUT2D eigenvalue weighted by molar-refractivity contribution is -0.114. The molecular weight excluding hydrogens is 100 g/mol. The number of ketones is 1. The van der Waals surface area contributed by atoms with E-state index in [0.29, 0.717) is 11.2 Å². The fourth-order valence-corrected chi connectivity index (χ4v) is 1.24. The van der Waals surface area contributed by atoms with Gasteiger partial charge in [-0.3, -0.25) is 4.79 Å². The summed E-state index contributed by atoms with van der Waals surface area (Å²) in [5, 5.41) is 0.